The quantitative estimate of drug-likeness (QED) is 0.180. The second kappa shape index (κ2) is 13.0. The monoisotopic (exact) mass is 745 g/mol. The van der Waals surface area contributed by atoms with Crippen molar-refractivity contribution in [2.24, 2.45) is 0 Å². The summed E-state index contributed by atoms with van der Waals surface area (Å²) in [5, 5.41) is 2.25. The summed E-state index contributed by atoms with van der Waals surface area (Å²) in [6, 6.07) is 64.1. The summed E-state index contributed by atoms with van der Waals surface area (Å²) >= 11 is 0. The summed E-state index contributed by atoms with van der Waals surface area (Å²) < 4.78 is 19.3. The van der Waals surface area contributed by atoms with Crippen molar-refractivity contribution in [2.45, 2.75) is 12.3 Å². The third-order valence-electron chi connectivity index (χ3n) is 11.9. The third-order valence-corrected chi connectivity index (χ3v) is 11.9. The van der Waals surface area contributed by atoms with E-state index in [-0.39, 0.29) is 5.92 Å². The van der Waals surface area contributed by atoms with Crippen LogP contribution in [0, 0.1) is 0 Å². The lowest BCUT2D eigenvalue weighted by molar-refractivity contribution is 0.478. The fourth-order valence-corrected chi connectivity index (χ4v) is 9.13. The van der Waals surface area contributed by atoms with Gasteiger partial charge in [0, 0.05) is 56.0 Å². The van der Waals surface area contributed by atoms with Crippen molar-refractivity contribution in [1.29, 1.82) is 0 Å². The lowest BCUT2D eigenvalue weighted by Gasteiger charge is -2.32. The Bertz CT molecular complexity index is 3170. The molecule has 0 radical (unpaired) electrons. The summed E-state index contributed by atoms with van der Waals surface area (Å²) in [5.74, 6) is 3.66. The highest BCUT2D eigenvalue weighted by Crippen LogP contribution is 2.52. The average Bonchev–Trinajstić information content (AvgIpc) is 3.50. The molecule has 0 fully saturated rings. The van der Waals surface area contributed by atoms with Gasteiger partial charge >= 0.3 is 0 Å². The second-order valence-corrected chi connectivity index (χ2v) is 15.2. The summed E-state index contributed by atoms with van der Waals surface area (Å²) in [6.07, 6.45) is 5.60. The molecule has 1 aliphatic carbocycles. The summed E-state index contributed by atoms with van der Waals surface area (Å²) in [5.41, 5.74) is 15.3. The largest absolute Gasteiger partial charge is 0.456 e. The van der Waals surface area contributed by atoms with Gasteiger partial charge in [-0.3, -0.25) is 0 Å². The van der Waals surface area contributed by atoms with E-state index >= 15 is 0 Å². The van der Waals surface area contributed by atoms with Gasteiger partial charge in [0.2, 0.25) is 0 Å². The smallest absolute Gasteiger partial charge is 0.135 e. The van der Waals surface area contributed by atoms with Crippen LogP contribution >= 0.6 is 0 Å². The average molecular weight is 746 g/mol. The van der Waals surface area contributed by atoms with Crippen molar-refractivity contribution in [2.75, 3.05) is 4.90 Å². The first kappa shape index (κ1) is 32.7. The first-order valence-corrected chi connectivity index (χ1v) is 19.8. The predicted octanol–water partition coefficient (Wildman–Crippen LogP) is 15.1. The molecule has 0 amide bonds. The number of hydrogen-bond donors (Lipinski definition) is 0. The van der Waals surface area contributed by atoms with Crippen molar-refractivity contribution in [3.05, 3.63) is 211 Å². The minimum absolute atomic E-state index is 0.161. The van der Waals surface area contributed by atoms with Gasteiger partial charge in [-0.2, -0.15) is 0 Å². The Labute approximate surface area is 336 Å². The van der Waals surface area contributed by atoms with Gasteiger partial charge in [0.05, 0.1) is 0 Å². The van der Waals surface area contributed by atoms with Crippen LogP contribution in [0.2, 0.25) is 0 Å². The van der Waals surface area contributed by atoms with E-state index in [1.54, 1.807) is 0 Å². The standard InChI is InChI=1S/C54H35NO3/c1-6-16-49-41(11-1)39-28-26-37(32-46(39)43-13-3-8-18-51(43)56-49)55(36-24-21-34(22-25-36)35-23-30-54-48(31-35)45-15-5-10-20-53(45)58-54)38-27-29-40-42-12-2-7-17-50(42)57-52-19-9-4-14-44(52)47(40)33-38/h1-28,30-33,40H,29H2. The molecule has 9 aromatic rings. The van der Waals surface area contributed by atoms with E-state index in [9.17, 15) is 0 Å². The van der Waals surface area contributed by atoms with E-state index in [1.807, 2.05) is 24.3 Å². The molecule has 0 saturated heterocycles. The fourth-order valence-electron chi connectivity index (χ4n) is 9.13. The van der Waals surface area contributed by atoms with Crippen LogP contribution in [0.4, 0.5) is 11.4 Å². The van der Waals surface area contributed by atoms with Crippen LogP contribution in [0.5, 0.6) is 23.0 Å². The fraction of sp³-hybridized carbons (Fsp3) is 0.0370. The molecule has 0 bridgehead atoms. The van der Waals surface area contributed by atoms with Crippen LogP contribution in [-0.4, -0.2) is 0 Å². The van der Waals surface area contributed by atoms with Crippen molar-refractivity contribution < 1.29 is 13.9 Å². The molecule has 274 valence electrons. The first-order chi connectivity index (χ1) is 28.7. The summed E-state index contributed by atoms with van der Waals surface area (Å²) in [7, 11) is 0. The number of fused-ring (bicyclic) bond motifs is 13. The molecule has 1 unspecified atom stereocenters. The Morgan fingerprint density at radius 3 is 1.84 bits per heavy atom. The van der Waals surface area contributed by atoms with Crippen LogP contribution in [0.25, 0.3) is 60.9 Å². The molecule has 3 aliphatic rings. The van der Waals surface area contributed by atoms with E-state index in [0.29, 0.717) is 0 Å². The highest BCUT2D eigenvalue weighted by Gasteiger charge is 2.31. The predicted molar refractivity (Wildman–Crippen MR) is 235 cm³/mol. The Balaban J connectivity index is 1.03. The minimum atomic E-state index is 0.161. The SMILES string of the molecule is C1=C2c3ccccc3Oc3ccccc3C2CC=C1N(c1ccc(-c2ccc3oc4ccccc4c3c2)cc1)c1ccc2c(c1)-c1ccccc1Oc1ccccc1-2. The lowest BCUT2D eigenvalue weighted by Crippen LogP contribution is -2.19. The molecule has 1 atom stereocenters. The number of para-hydroxylation sites is 5. The van der Waals surface area contributed by atoms with Crippen molar-refractivity contribution in [1.82, 2.24) is 0 Å². The van der Waals surface area contributed by atoms with Gasteiger partial charge < -0.3 is 18.8 Å². The number of allylic oxidation sites excluding steroid dienone is 3. The topological polar surface area (TPSA) is 34.8 Å². The van der Waals surface area contributed by atoms with E-state index < -0.39 is 0 Å². The maximum absolute atomic E-state index is 6.60. The lowest BCUT2D eigenvalue weighted by atomic mass is 9.81. The Kier molecular flexibility index (Phi) is 7.32. The maximum Gasteiger partial charge on any atom is 0.135 e. The molecule has 4 heteroatoms. The van der Waals surface area contributed by atoms with E-state index in [4.69, 9.17) is 13.9 Å². The minimum Gasteiger partial charge on any atom is -0.456 e. The van der Waals surface area contributed by atoms with E-state index in [0.717, 1.165) is 107 Å². The molecule has 1 aromatic heterocycles. The zero-order chi connectivity index (χ0) is 38.2. The summed E-state index contributed by atoms with van der Waals surface area (Å²) in [4.78, 5) is 2.40. The number of rotatable bonds is 4. The second-order valence-electron chi connectivity index (χ2n) is 15.2. The van der Waals surface area contributed by atoms with Gasteiger partial charge in [-0.25, -0.2) is 0 Å². The van der Waals surface area contributed by atoms with Gasteiger partial charge in [-0.1, -0.05) is 121 Å². The van der Waals surface area contributed by atoms with Gasteiger partial charge in [0.25, 0.3) is 0 Å². The number of ether oxygens (including phenoxy) is 2. The Hall–Kier alpha value is -7.56. The van der Waals surface area contributed by atoms with Crippen LogP contribution in [0.1, 0.15) is 23.5 Å². The molecular formula is C54H35NO3. The number of furan rings is 1. The molecule has 0 spiro atoms. The zero-order valence-electron chi connectivity index (χ0n) is 31.4. The first-order valence-electron chi connectivity index (χ1n) is 19.8. The van der Waals surface area contributed by atoms with Gasteiger partial charge in [-0.05, 0) is 107 Å². The Morgan fingerprint density at radius 2 is 1.03 bits per heavy atom. The number of anilines is 2. The van der Waals surface area contributed by atoms with Crippen molar-refractivity contribution in [3.8, 4) is 56.4 Å². The third kappa shape index (κ3) is 5.23. The molecule has 4 nitrogen and oxygen atoms in total. The van der Waals surface area contributed by atoms with E-state index in [2.05, 4.69) is 175 Å². The van der Waals surface area contributed by atoms with Crippen LogP contribution in [0.3, 0.4) is 0 Å². The van der Waals surface area contributed by atoms with E-state index in [1.165, 1.54) is 11.1 Å². The van der Waals surface area contributed by atoms with Crippen LogP contribution < -0.4 is 14.4 Å². The number of benzene rings is 8. The maximum atomic E-state index is 6.60. The van der Waals surface area contributed by atoms with Gasteiger partial charge in [0.1, 0.15) is 34.2 Å². The van der Waals surface area contributed by atoms with Gasteiger partial charge in [0.15, 0.2) is 0 Å². The molecule has 12 rings (SSSR count). The number of hydrogen-bond acceptors (Lipinski definition) is 4. The van der Waals surface area contributed by atoms with Crippen molar-refractivity contribution >= 4 is 38.9 Å². The highest BCUT2D eigenvalue weighted by atomic mass is 16.5. The summed E-state index contributed by atoms with van der Waals surface area (Å²) in [6.45, 7) is 0. The van der Waals surface area contributed by atoms with Gasteiger partial charge in [-0.15, -0.1) is 0 Å². The molecule has 0 N–H and O–H groups in total. The molecule has 0 saturated carbocycles. The molecular weight excluding hydrogens is 711 g/mol. The van der Waals surface area contributed by atoms with Crippen LogP contribution in [-0.2, 0) is 0 Å². The molecule has 3 heterocycles. The number of nitrogens with zero attached hydrogens (tertiary/aromatic N) is 1. The highest BCUT2D eigenvalue weighted by molar-refractivity contribution is 6.06. The zero-order valence-corrected chi connectivity index (χ0v) is 31.4. The normalized spacial score (nSPS) is 14.8. The van der Waals surface area contributed by atoms with Crippen LogP contribution in [0.15, 0.2) is 204 Å². The Morgan fingerprint density at radius 1 is 0.431 bits per heavy atom. The molecule has 58 heavy (non-hydrogen) atoms. The molecule has 2 aliphatic heterocycles. The molecule has 8 aromatic carbocycles. The van der Waals surface area contributed by atoms with Crippen molar-refractivity contribution in [3.63, 3.8) is 0 Å².